The molecule has 0 saturated heterocycles. The first-order valence-electron chi connectivity index (χ1n) is 3.13. The van der Waals surface area contributed by atoms with Gasteiger partial charge in [-0.3, -0.25) is 0 Å². The Hall–Kier alpha value is -0.590. The Balaban J connectivity index is 3.36. The maximum atomic E-state index is 13.2. The van der Waals surface area contributed by atoms with E-state index in [1.165, 1.54) is 6.07 Å². The molecular formula is C8H4BrClFN. The van der Waals surface area contributed by atoms with E-state index >= 15 is 0 Å². The van der Waals surface area contributed by atoms with Gasteiger partial charge in [-0.15, -0.1) is 11.6 Å². The monoisotopic (exact) mass is 247 g/mol. The van der Waals surface area contributed by atoms with Gasteiger partial charge in [0.05, 0.1) is 11.4 Å². The third-order valence-electron chi connectivity index (χ3n) is 1.44. The quantitative estimate of drug-likeness (QED) is 0.700. The fourth-order valence-electron chi connectivity index (χ4n) is 0.806. The molecule has 0 radical (unpaired) electrons. The topological polar surface area (TPSA) is 23.8 Å². The first-order chi connectivity index (χ1) is 5.70. The Morgan fingerprint density at radius 2 is 2.25 bits per heavy atom. The molecule has 12 heavy (non-hydrogen) atoms. The van der Waals surface area contributed by atoms with Crippen molar-refractivity contribution in [2.24, 2.45) is 0 Å². The van der Waals surface area contributed by atoms with Gasteiger partial charge in [0.15, 0.2) is 0 Å². The number of nitrogens with zero attached hydrogens (tertiary/aromatic N) is 1. The van der Waals surface area contributed by atoms with E-state index in [0.717, 1.165) is 0 Å². The number of alkyl halides is 1. The summed E-state index contributed by atoms with van der Waals surface area (Å²) in [4.78, 5) is 0. The molecule has 62 valence electrons. The lowest BCUT2D eigenvalue weighted by Crippen LogP contribution is -1.92. The van der Waals surface area contributed by atoms with Crippen LogP contribution in [0.15, 0.2) is 16.6 Å². The van der Waals surface area contributed by atoms with Gasteiger partial charge in [0.1, 0.15) is 11.9 Å². The van der Waals surface area contributed by atoms with Crippen LogP contribution in [0, 0.1) is 17.1 Å². The van der Waals surface area contributed by atoms with Gasteiger partial charge in [-0.2, -0.15) is 5.26 Å². The number of nitriles is 1. The lowest BCUT2D eigenvalue weighted by molar-refractivity contribution is 0.612. The highest BCUT2D eigenvalue weighted by Gasteiger charge is 2.09. The first kappa shape index (κ1) is 9.50. The molecule has 1 aromatic carbocycles. The van der Waals surface area contributed by atoms with Crippen LogP contribution in [0.1, 0.15) is 11.1 Å². The van der Waals surface area contributed by atoms with Crippen molar-refractivity contribution in [1.82, 2.24) is 0 Å². The predicted molar refractivity (Wildman–Crippen MR) is 48.4 cm³/mol. The molecule has 0 bridgehead atoms. The third kappa shape index (κ3) is 1.60. The molecule has 0 aliphatic carbocycles. The van der Waals surface area contributed by atoms with Crippen molar-refractivity contribution in [3.8, 4) is 6.07 Å². The minimum atomic E-state index is -0.540. The lowest BCUT2D eigenvalue weighted by Gasteiger charge is -2.02. The highest BCUT2D eigenvalue weighted by atomic mass is 79.9. The van der Waals surface area contributed by atoms with Gasteiger partial charge in [-0.25, -0.2) is 4.39 Å². The van der Waals surface area contributed by atoms with Crippen LogP contribution in [0.25, 0.3) is 0 Å². The van der Waals surface area contributed by atoms with Crippen molar-refractivity contribution in [1.29, 1.82) is 5.26 Å². The van der Waals surface area contributed by atoms with Crippen LogP contribution < -0.4 is 0 Å². The molecule has 1 nitrogen and oxygen atoms in total. The van der Waals surface area contributed by atoms with E-state index < -0.39 is 5.82 Å². The molecule has 1 aromatic rings. The zero-order chi connectivity index (χ0) is 9.14. The molecular weight excluding hydrogens is 244 g/mol. The summed E-state index contributed by atoms with van der Waals surface area (Å²) >= 11 is 8.62. The van der Waals surface area contributed by atoms with E-state index in [1.54, 1.807) is 12.1 Å². The highest BCUT2D eigenvalue weighted by Crippen LogP contribution is 2.23. The number of rotatable bonds is 1. The molecule has 0 atom stereocenters. The second kappa shape index (κ2) is 3.88. The van der Waals surface area contributed by atoms with Crippen molar-refractivity contribution in [3.05, 3.63) is 33.5 Å². The molecule has 0 unspecified atom stereocenters. The molecule has 0 aromatic heterocycles. The average molecular weight is 248 g/mol. The summed E-state index contributed by atoms with van der Waals surface area (Å²) in [5.74, 6) is -0.482. The van der Waals surface area contributed by atoms with Gasteiger partial charge in [-0.05, 0) is 12.1 Å². The van der Waals surface area contributed by atoms with Gasteiger partial charge in [0.2, 0.25) is 0 Å². The molecule has 1 rings (SSSR count). The minimum Gasteiger partial charge on any atom is -0.205 e. The Labute approximate surface area is 82.9 Å². The van der Waals surface area contributed by atoms with Crippen molar-refractivity contribution in [3.63, 3.8) is 0 Å². The number of hydrogen-bond acceptors (Lipinski definition) is 1. The summed E-state index contributed by atoms with van der Waals surface area (Å²) in [6.07, 6.45) is 0. The molecule has 0 aliphatic rings. The van der Waals surface area contributed by atoms with Gasteiger partial charge in [0.25, 0.3) is 0 Å². The van der Waals surface area contributed by atoms with Crippen LogP contribution in [0.3, 0.4) is 0 Å². The van der Waals surface area contributed by atoms with E-state index in [-0.39, 0.29) is 11.4 Å². The van der Waals surface area contributed by atoms with E-state index in [1.807, 2.05) is 0 Å². The van der Waals surface area contributed by atoms with Gasteiger partial charge >= 0.3 is 0 Å². The normalized spacial score (nSPS) is 9.50. The Morgan fingerprint density at radius 3 is 2.75 bits per heavy atom. The Kier molecular flexibility index (Phi) is 3.07. The largest absolute Gasteiger partial charge is 0.205 e. The van der Waals surface area contributed by atoms with Gasteiger partial charge in [0, 0.05) is 10.0 Å². The van der Waals surface area contributed by atoms with Crippen LogP contribution >= 0.6 is 27.5 Å². The van der Waals surface area contributed by atoms with E-state index in [4.69, 9.17) is 16.9 Å². The smallest absolute Gasteiger partial charge is 0.146 e. The van der Waals surface area contributed by atoms with Crippen LogP contribution in [-0.2, 0) is 5.88 Å². The summed E-state index contributed by atoms with van der Waals surface area (Å²) < 4.78 is 13.8. The standard InChI is InChI=1S/C8H4BrClFN/c9-7-2-1-5(4-12)8(11)6(7)3-10/h1-2H,3H2. The fourth-order valence-corrected chi connectivity index (χ4v) is 1.68. The number of halogens is 3. The predicted octanol–water partition coefficient (Wildman–Crippen LogP) is 3.20. The van der Waals surface area contributed by atoms with E-state index in [9.17, 15) is 4.39 Å². The summed E-state index contributed by atoms with van der Waals surface area (Å²) in [7, 11) is 0. The second-order valence-corrected chi connectivity index (χ2v) is 3.25. The molecule has 0 spiro atoms. The van der Waals surface area contributed by atoms with Crippen LogP contribution in [-0.4, -0.2) is 0 Å². The van der Waals surface area contributed by atoms with Crippen LogP contribution in [0.2, 0.25) is 0 Å². The summed E-state index contributed by atoms with van der Waals surface area (Å²) in [5, 5.41) is 8.48. The average Bonchev–Trinajstić information content (AvgIpc) is 2.06. The maximum Gasteiger partial charge on any atom is 0.146 e. The van der Waals surface area contributed by atoms with Gasteiger partial charge in [-0.1, -0.05) is 15.9 Å². The zero-order valence-electron chi connectivity index (χ0n) is 5.94. The van der Waals surface area contributed by atoms with Crippen molar-refractivity contribution in [2.75, 3.05) is 0 Å². The zero-order valence-corrected chi connectivity index (χ0v) is 8.28. The minimum absolute atomic E-state index is 0.0221. The molecule has 0 heterocycles. The summed E-state index contributed by atoms with van der Waals surface area (Å²) in [5.41, 5.74) is 0.351. The number of benzene rings is 1. The molecule has 0 fully saturated rings. The highest BCUT2D eigenvalue weighted by molar-refractivity contribution is 9.10. The SMILES string of the molecule is N#Cc1ccc(Br)c(CCl)c1F. The molecule has 0 amide bonds. The maximum absolute atomic E-state index is 13.2. The first-order valence-corrected chi connectivity index (χ1v) is 4.46. The van der Waals surface area contributed by atoms with Crippen molar-refractivity contribution in [2.45, 2.75) is 5.88 Å². The van der Waals surface area contributed by atoms with E-state index in [2.05, 4.69) is 15.9 Å². The van der Waals surface area contributed by atoms with Crippen LogP contribution in [0.4, 0.5) is 4.39 Å². The Bertz CT molecular complexity index is 346. The molecule has 0 saturated carbocycles. The Morgan fingerprint density at radius 1 is 1.58 bits per heavy atom. The third-order valence-corrected chi connectivity index (χ3v) is 2.45. The summed E-state index contributed by atoms with van der Waals surface area (Å²) in [6, 6.07) is 4.77. The van der Waals surface area contributed by atoms with E-state index in [0.29, 0.717) is 10.0 Å². The van der Waals surface area contributed by atoms with Crippen LogP contribution in [0.5, 0.6) is 0 Å². The molecule has 4 heteroatoms. The molecule has 0 aliphatic heterocycles. The summed E-state index contributed by atoms with van der Waals surface area (Å²) in [6.45, 7) is 0. The number of hydrogen-bond donors (Lipinski definition) is 0. The van der Waals surface area contributed by atoms with Crippen molar-refractivity contribution >= 4 is 27.5 Å². The second-order valence-electron chi connectivity index (χ2n) is 2.13. The van der Waals surface area contributed by atoms with Crippen molar-refractivity contribution < 1.29 is 4.39 Å². The fraction of sp³-hybridized carbons (Fsp3) is 0.125. The molecule has 0 N–H and O–H groups in total. The lowest BCUT2D eigenvalue weighted by atomic mass is 10.1. The van der Waals surface area contributed by atoms with Gasteiger partial charge < -0.3 is 0 Å².